The van der Waals surface area contributed by atoms with Crippen molar-refractivity contribution in [2.75, 3.05) is 36.8 Å². The van der Waals surface area contributed by atoms with Crippen LogP contribution in [0.1, 0.15) is 5.56 Å². The number of carbonyl (C=O) groups is 1. The van der Waals surface area contributed by atoms with Crippen molar-refractivity contribution in [3.05, 3.63) is 53.8 Å². The summed E-state index contributed by atoms with van der Waals surface area (Å²) < 4.78 is 39.0. The molecule has 1 saturated heterocycles. The first-order valence-electron chi connectivity index (χ1n) is 9.20. The minimum Gasteiger partial charge on any atom is -0.345 e. The Morgan fingerprint density at radius 1 is 1.10 bits per heavy atom. The molecule has 2 heterocycles. The summed E-state index contributed by atoms with van der Waals surface area (Å²) >= 11 is 1.62. The van der Waals surface area contributed by atoms with Crippen LogP contribution >= 0.6 is 11.3 Å². The molecule has 6 nitrogen and oxygen atoms in total. The maximum atomic E-state index is 13.0. The Labute approximate surface area is 172 Å². The average molecular weight is 434 g/mol. The van der Waals surface area contributed by atoms with Crippen molar-refractivity contribution < 1.29 is 17.6 Å². The number of piperazine rings is 1. The van der Waals surface area contributed by atoms with Gasteiger partial charge in [-0.1, -0.05) is 17.4 Å². The molecule has 0 unspecified atom stereocenters. The third-order valence-corrected chi connectivity index (χ3v) is 7.62. The summed E-state index contributed by atoms with van der Waals surface area (Å²) in [5, 5.41) is 0.914. The van der Waals surface area contributed by atoms with Gasteiger partial charge < -0.3 is 9.80 Å². The van der Waals surface area contributed by atoms with Crippen molar-refractivity contribution in [1.29, 1.82) is 0 Å². The third kappa shape index (κ3) is 4.25. The van der Waals surface area contributed by atoms with Crippen LogP contribution in [0.3, 0.4) is 0 Å². The molecule has 1 aliphatic rings. The lowest BCUT2D eigenvalue weighted by Gasteiger charge is -2.34. The number of benzene rings is 2. The zero-order valence-electron chi connectivity index (χ0n) is 15.8. The summed E-state index contributed by atoms with van der Waals surface area (Å²) in [7, 11) is -3.79. The summed E-state index contributed by atoms with van der Waals surface area (Å²) in [5.41, 5.74) is 2.14. The van der Waals surface area contributed by atoms with E-state index in [2.05, 4.69) is 16.0 Å². The summed E-state index contributed by atoms with van der Waals surface area (Å²) in [6.45, 7) is 4.12. The number of amides is 1. The molecule has 2 aromatic carbocycles. The number of fused-ring (bicyclic) bond motifs is 1. The third-order valence-electron chi connectivity index (χ3n) is 4.92. The SMILES string of the molecule is Cc1ccc2nc(N3CCN(C(=O)CS(=O)(=O)c4ccc(F)cc4)CC3)sc2c1. The molecule has 1 fully saturated rings. The van der Waals surface area contributed by atoms with E-state index in [4.69, 9.17) is 0 Å². The van der Waals surface area contributed by atoms with E-state index in [9.17, 15) is 17.6 Å². The van der Waals surface area contributed by atoms with Crippen molar-refractivity contribution in [3.63, 3.8) is 0 Å². The molecule has 29 heavy (non-hydrogen) atoms. The highest BCUT2D eigenvalue weighted by Gasteiger charge is 2.27. The number of rotatable bonds is 4. The predicted molar refractivity (Wildman–Crippen MR) is 112 cm³/mol. The Kier molecular flexibility index (Phi) is 5.26. The average Bonchev–Trinajstić information content (AvgIpc) is 3.11. The minimum absolute atomic E-state index is 0.0457. The Morgan fingerprint density at radius 3 is 2.48 bits per heavy atom. The van der Waals surface area contributed by atoms with Crippen LogP contribution in [0.15, 0.2) is 47.4 Å². The van der Waals surface area contributed by atoms with E-state index in [1.165, 1.54) is 17.7 Å². The highest BCUT2D eigenvalue weighted by atomic mass is 32.2. The molecule has 3 aromatic rings. The van der Waals surface area contributed by atoms with E-state index >= 15 is 0 Å². The Morgan fingerprint density at radius 2 is 1.79 bits per heavy atom. The van der Waals surface area contributed by atoms with E-state index in [0.29, 0.717) is 26.2 Å². The van der Waals surface area contributed by atoms with Crippen molar-refractivity contribution in [3.8, 4) is 0 Å². The number of anilines is 1. The summed E-state index contributed by atoms with van der Waals surface area (Å²) in [6.07, 6.45) is 0. The van der Waals surface area contributed by atoms with Crippen LogP contribution in [0.5, 0.6) is 0 Å². The molecule has 152 valence electrons. The van der Waals surface area contributed by atoms with Gasteiger partial charge in [0.15, 0.2) is 15.0 Å². The van der Waals surface area contributed by atoms with E-state index in [0.717, 1.165) is 27.5 Å². The molecule has 0 saturated carbocycles. The minimum atomic E-state index is -3.79. The van der Waals surface area contributed by atoms with Crippen molar-refractivity contribution >= 4 is 42.4 Å². The summed E-state index contributed by atoms with van der Waals surface area (Å²) in [6, 6.07) is 10.7. The first-order valence-corrected chi connectivity index (χ1v) is 11.7. The second-order valence-corrected chi connectivity index (χ2v) is 10.0. The maximum absolute atomic E-state index is 13.0. The highest BCUT2D eigenvalue weighted by Crippen LogP contribution is 2.30. The number of halogens is 1. The molecule has 0 aliphatic carbocycles. The molecule has 0 atom stereocenters. The highest BCUT2D eigenvalue weighted by molar-refractivity contribution is 7.92. The Balaban J connectivity index is 1.39. The van der Waals surface area contributed by atoms with Crippen molar-refractivity contribution in [2.24, 2.45) is 0 Å². The zero-order valence-corrected chi connectivity index (χ0v) is 17.5. The van der Waals surface area contributed by atoms with Crippen molar-refractivity contribution in [2.45, 2.75) is 11.8 Å². The standard InChI is InChI=1S/C20H20FN3O3S2/c1-14-2-7-17-18(12-14)28-20(22-17)24-10-8-23(9-11-24)19(25)13-29(26,27)16-5-3-15(21)4-6-16/h2-7,12H,8-11,13H2,1H3. The van der Waals surface area contributed by atoms with Crippen LogP contribution in [0.25, 0.3) is 10.2 Å². The van der Waals surface area contributed by atoms with E-state index < -0.39 is 27.3 Å². The molecule has 4 rings (SSSR count). The smallest absolute Gasteiger partial charge is 0.238 e. The Hall–Kier alpha value is -2.52. The molecular weight excluding hydrogens is 413 g/mol. The van der Waals surface area contributed by atoms with Gasteiger partial charge in [-0.3, -0.25) is 4.79 Å². The fraction of sp³-hybridized carbons (Fsp3) is 0.300. The summed E-state index contributed by atoms with van der Waals surface area (Å²) in [5.74, 6) is -1.57. The van der Waals surface area contributed by atoms with E-state index in [1.54, 1.807) is 16.2 Å². The topological polar surface area (TPSA) is 70.6 Å². The van der Waals surface area contributed by atoms with Crippen molar-refractivity contribution in [1.82, 2.24) is 9.88 Å². The molecule has 0 bridgehead atoms. The maximum Gasteiger partial charge on any atom is 0.238 e. The number of nitrogens with zero attached hydrogens (tertiary/aromatic N) is 3. The number of hydrogen-bond acceptors (Lipinski definition) is 6. The fourth-order valence-corrected chi connectivity index (χ4v) is 5.62. The molecule has 0 spiro atoms. The number of aromatic nitrogens is 1. The summed E-state index contributed by atoms with van der Waals surface area (Å²) in [4.78, 5) is 20.8. The second-order valence-electron chi connectivity index (χ2n) is 7.05. The van der Waals surface area contributed by atoms with Crippen LogP contribution in [0, 0.1) is 12.7 Å². The Bertz CT molecular complexity index is 1150. The lowest BCUT2D eigenvalue weighted by Crippen LogP contribution is -2.50. The van der Waals surface area contributed by atoms with Gasteiger partial charge in [0.2, 0.25) is 5.91 Å². The predicted octanol–water partition coefficient (Wildman–Crippen LogP) is 2.87. The van der Waals surface area contributed by atoms with E-state index in [1.807, 2.05) is 19.1 Å². The second kappa shape index (κ2) is 7.72. The van der Waals surface area contributed by atoms with Gasteiger partial charge in [-0.25, -0.2) is 17.8 Å². The van der Waals surface area contributed by atoms with Gasteiger partial charge in [0, 0.05) is 26.2 Å². The quantitative estimate of drug-likeness (QED) is 0.592. The van der Waals surface area contributed by atoms with Gasteiger partial charge in [-0.15, -0.1) is 0 Å². The van der Waals surface area contributed by atoms with Gasteiger partial charge in [-0.05, 0) is 48.9 Å². The molecule has 9 heteroatoms. The molecule has 0 radical (unpaired) electrons. The monoisotopic (exact) mass is 433 g/mol. The first kappa shape index (κ1) is 19.8. The van der Waals surface area contributed by atoms with Crippen LogP contribution < -0.4 is 4.90 Å². The van der Waals surface area contributed by atoms with E-state index in [-0.39, 0.29) is 4.90 Å². The fourth-order valence-electron chi connectivity index (χ4n) is 3.28. The van der Waals surface area contributed by atoms with Crippen LogP contribution in [0.2, 0.25) is 0 Å². The van der Waals surface area contributed by atoms with Crippen LogP contribution in [-0.2, 0) is 14.6 Å². The molecule has 1 aliphatic heterocycles. The van der Waals surface area contributed by atoms with Gasteiger partial charge in [0.05, 0.1) is 15.1 Å². The lowest BCUT2D eigenvalue weighted by atomic mass is 10.2. The van der Waals surface area contributed by atoms with Crippen LogP contribution in [-0.4, -0.2) is 56.1 Å². The van der Waals surface area contributed by atoms with Crippen LogP contribution in [0.4, 0.5) is 9.52 Å². The first-order chi connectivity index (χ1) is 13.8. The van der Waals surface area contributed by atoms with Gasteiger partial charge in [-0.2, -0.15) is 0 Å². The lowest BCUT2D eigenvalue weighted by molar-refractivity contribution is -0.128. The largest absolute Gasteiger partial charge is 0.345 e. The number of thiazole rings is 1. The zero-order chi connectivity index (χ0) is 20.6. The number of sulfone groups is 1. The molecule has 1 aromatic heterocycles. The normalized spacial score (nSPS) is 15.1. The van der Waals surface area contributed by atoms with Gasteiger partial charge in [0.1, 0.15) is 11.6 Å². The number of hydrogen-bond donors (Lipinski definition) is 0. The molecular formula is C20H20FN3O3S2. The number of aryl methyl sites for hydroxylation is 1. The molecule has 1 amide bonds. The molecule has 0 N–H and O–H groups in total. The number of carbonyl (C=O) groups excluding carboxylic acids is 1. The van der Waals surface area contributed by atoms with Gasteiger partial charge in [0.25, 0.3) is 0 Å². The van der Waals surface area contributed by atoms with Gasteiger partial charge >= 0.3 is 0 Å².